The highest BCUT2D eigenvalue weighted by atomic mass is 16.4. The van der Waals surface area contributed by atoms with Crippen molar-refractivity contribution < 1.29 is 14.7 Å². The van der Waals surface area contributed by atoms with E-state index in [-0.39, 0.29) is 5.95 Å². The maximum atomic E-state index is 11.3. The number of aromatic nitrogens is 4. The lowest BCUT2D eigenvalue weighted by Gasteiger charge is -2.07. The van der Waals surface area contributed by atoms with E-state index in [1.54, 1.807) is 14.0 Å². The minimum atomic E-state index is -0.830. The largest absolute Gasteiger partial charge is 0.481 e. The minimum Gasteiger partial charge on any atom is -0.481 e. The van der Waals surface area contributed by atoms with E-state index in [2.05, 4.69) is 26.0 Å². The van der Waals surface area contributed by atoms with Crippen molar-refractivity contribution in [3.05, 3.63) is 0 Å². The number of tetrazole rings is 1. The molecule has 0 aromatic carbocycles. The van der Waals surface area contributed by atoms with Gasteiger partial charge in [-0.15, -0.1) is 5.10 Å². The first-order valence-electron chi connectivity index (χ1n) is 5.50. The predicted octanol–water partition coefficient (Wildman–Crippen LogP) is -0.167. The van der Waals surface area contributed by atoms with Crippen LogP contribution in [0.4, 0.5) is 10.7 Å². The van der Waals surface area contributed by atoms with Gasteiger partial charge >= 0.3 is 12.0 Å². The fourth-order valence-corrected chi connectivity index (χ4v) is 1.21. The van der Waals surface area contributed by atoms with E-state index in [1.807, 2.05) is 0 Å². The first-order chi connectivity index (χ1) is 8.49. The van der Waals surface area contributed by atoms with Crippen LogP contribution in [0.1, 0.15) is 19.8 Å². The summed E-state index contributed by atoms with van der Waals surface area (Å²) in [5.74, 6) is -1.12. The number of amides is 2. The quantitative estimate of drug-likeness (QED) is 0.607. The lowest BCUT2D eigenvalue weighted by molar-refractivity contribution is -0.141. The molecule has 1 unspecified atom stereocenters. The molecule has 9 heteroatoms. The van der Waals surface area contributed by atoms with Crippen molar-refractivity contribution in [1.82, 2.24) is 25.5 Å². The molecular weight excluding hydrogens is 240 g/mol. The van der Waals surface area contributed by atoms with Gasteiger partial charge in [0.15, 0.2) is 0 Å². The number of aryl methyl sites for hydroxylation is 1. The Morgan fingerprint density at radius 1 is 1.50 bits per heavy atom. The molecule has 100 valence electrons. The molecule has 3 N–H and O–H groups in total. The Hall–Kier alpha value is -2.19. The number of carboxylic acids is 1. The molecule has 0 radical (unpaired) electrons. The Kier molecular flexibility index (Phi) is 5.03. The second-order valence-electron chi connectivity index (χ2n) is 3.86. The topological polar surface area (TPSA) is 122 Å². The van der Waals surface area contributed by atoms with Gasteiger partial charge in [-0.3, -0.25) is 10.1 Å². The van der Waals surface area contributed by atoms with E-state index in [9.17, 15) is 9.59 Å². The maximum absolute atomic E-state index is 11.3. The highest BCUT2D eigenvalue weighted by Crippen LogP contribution is 2.04. The Labute approximate surface area is 104 Å². The maximum Gasteiger partial charge on any atom is 0.321 e. The Morgan fingerprint density at radius 3 is 2.78 bits per heavy atom. The van der Waals surface area contributed by atoms with Crippen molar-refractivity contribution in [3.63, 3.8) is 0 Å². The van der Waals surface area contributed by atoms with Crippen molar-refractivity contribution >= 4 is 17.9 Å². The Bertz CT molecular complexity index is 418. The number of anilines is 1. The van der Waals surface area contributed by atoms with Gasteiger partial charge in [-0.1, -0.05) is 12.0 Å². The van der Waals surface area contributed by atoms with Gasteiger partial charge in [-0.2, -0.15) is 4.80 Å². The number of carboxylic acid groups (broad SMARTS) is 1. The highest BCUT2D eigenvalue weighted by Gasteiger charge is 2.10. The monoisotopic (exact) mass is 256 g/mol. The third-order valence-corrected chi connectivity index (χ3v) is 2.25. The van der Waals surface area contributed by atoms with Gasteiger partial charge in [0.1, 0.15) is 0 Å². The van der Waals surface area contributed by atoms with Crippen molar-refractivity contribution in [2.75, 3.05) is 11.9 Å². The van der Waals surface area contributed by atoms with Crippen LogP contribution in [-0.4, -0.2) is 43.9 Å². The first kappa shape index (κ1) is 13.9. The van der Waals surface area contributed by atoms with E-state index in [0.717, 1.165) is 0 Å². The summed E-state index contributed by atoms with van der Waals surface area (Å²) >= 11 is 0. The van der Waals surface area contributed by atoms with Crippen molar-refractivity contribution in [2.45, 2.75) is 19.8 Å². The van der Waals surface area contributed by atoms with E-state index in [1.165, 1.54) is 4.80 Å². The molecule has 0 spiro atoms. The molecule has 2 amide bonds. The molecule has 1 atom stereocenters. The van der Waals surface area contributed by atoms with Crippen LogP contribution < -0.4 is 10.6 Å². The summed E-state index contributed by atoms with van der Waals surface area (Å²) in [7, 11) is 1.59. The average Bonchev–Trinajstić information content (AvgIpc) is 2.69. The third kappa shape index (κ3) is 4.76. The molecule has 1 aromatic heterocycles. The molecular formula is C9H16N6O3. The predicted molar refractivity (Wildman–Crippen MR) is 61.9 cm³/mol. The molecule has 0 bridgehead atoms. The second kappa shape index (κ2) is 6.52. The molecule has 18 heavy (non-hydrogen) atoms. The number of hydrogen-bond acceptors (Lipinski definition) is 5. The van der Waals surface area contributed by atoms with Gasteiger partial charge in [0.2, 0.25) is 0 Å². The Morgan fingerprint density at radius 2 is 2.22 bits per heavy atom. The molecule has 0 aliphatic carbocycles. The average molecular weight is 256 g/mol. The van der Waals surface area contributed by atoms with E-state index in [4.69, 9.17) is 5.11 Å². The number of urea groups is 1. The molecule has 0 aliphatic rings. The molecule has 0 saturated carbocycles. The molecule has 1 heterocycles. The van der Waals surface area contributed by atoms with Gasteiger partial charge in [0.25, 0.3) is 5.95 Å². The second-order valence-corrected chi connectivity index (χ2v) is 3.86. The van der Waals surface area contributed by atoms with Crippen LogP contribution >= 0.6 is 0 Å². The molecule has 0 saturated heterocycles. The van der Waals surface area contributed by atoms with E-state index < -0.39 is 17.9 Å². The van der Waals surface area contributed by atoms with Crippen LogP contribution in [0.25, 0.3) is 0 Å². The minimum absolute atomic E-state index is 0.119. The summed E-state index contributed by atoms with van der Waals surface area (Å²) in [4.78, 5) is 23.1. The van der Waals surface area contributed by atoms with Crippen LogP contribution in [0, 0.1) is 5.92 Å². The number of carbonyl (C=O) groups excluding carboxylic acids is 1. The highest BCUT2D eigenvalue weighted by molar-refractivity contribution is 5.87. The summed E-state index contributed by atoms with van der Waals surface area (Å²) in [6.07, 6.45) is 1.10. The number of nitrogens with zero attached hydrogens (tertiary/aromatic N) is 4. The molecule has 9 nitrogen and oxygen atoms in total. The molecule has 0 fully saturated rings. The van der Waals surface area contributed by atoms with Crippen LogP contribution in [-0.2, 0) is 11.8 Å². The summed E-state index contributed by atoms with van der Waals surface area (Å²) in [6, 6.07) is -0.439. The van der Waals surface area contributed by atoms with Crippen molar-refractivity contribution in [1.29, 1.82) is 0 Å². The summed E-state index contributed by atoms with van der Waals surface area (Å²) in [5.41, 5.74) is 0. The van der Waals surface area contributed by atoms with Gasteiger partial charge in [0.05, 0.1) is 13.0 Å². The standard InChI is InChI=1S/C9H16N6O3/c1-6(7(16)17)4-3-5-10-9(18)11-8-12-14-15(2)13-8/h6H,3-5H2,1-2H3,(H,16,17)(H2,10,11,13,18). The molecule has 1 rings (SSSR count). The van der Waals surface area contributed by atoms with Crippen molar-refractivity contribution in [3.8, 4) is 0 Å². The number of carbonyl (C=O) groups is 2. The number of rotatable bonds is 6. The third-order valence-electron chi connectivity index (χ3n) is 2.25. The summed E-state index contributed by atoms with van der Waals surface area (Å²) in [5, 5.41) is 24.6. The fourth-order valence-electron chi connectivity index (χ4n) is 1.21. The summed E-state index contributed by atoms with van der Waals surface area (Å²) in [6.45, 7) is 2.02. The molecule has 0 aliphatic heterocycles. The van der Waals surface area contributed by atoms with Crippen LogP contribution in [0.2, 0.25) is 0 Å². The van der Waals surface area contributed by atoms with Gasteiger partial charge in [-0.25, -0.2) is 4.79 Å². The SMILES string of the molecule is CC(CCCNC(=O)Nc1nnn(C)n1)C(=O)O. The normalized spacial score (nSPS) is 11.9. The van der Waals surface area contributed by atoms with Gasteiger partial charge in [0, 0.05) is 6.54 Å². The van der Waals surface area contributed by atoms with E-state index >= 15 is 0 Å². The first-order valence-corrected chi connectivity index (χ1v) is 5.50. The lowest BCUT2D eigenvalue weighted by atomic mass is 10.1. The smallest absolute Gasteiger partial charge is 0.321 e. The van der Waals surface area contributed by atoms with Gasteiger partial charge < -0.3 is 10.4 Å². The van der Waals surface area contributed by atoms with E-state index in [0.29, 0.717) is 19.4 Å². The van der Waals surface area contributed by atoms with Crippen LogP contribution in [0.3, 0.4) is 0 Å². The lowest BCUT2D eigenvalue weighted by Crippen LogP contribution is -2.30. The zero-order valence-corrected chi connectivity index (χ0v) is 10.3. The molecule has 1 aromatic rings. The summed E-state index contributed by atoms with van der Waals surface area (Å²) < 4.78 is 0. The number of hydrogen-bond donors (Lipinski definition) is 3. The Balaban J connectivity index is 2.16. The van der Waals surface area contributed by atoms with Crippen molar-refractivity contribution in [2.24, 2.45) is 13.0 Å². The fraction of sp³-hybridized carbons (Fsp3) is 0.667. The number of nitrogens with one attached hydrogen (secondary N) is 2. The van der Waals surface area contributed by atoms with Gasteiger partial charge in [-0.05, 0) is 18.1 Å². The number of aliphatic carboxylic acids is 1. The van der Waals surface area contributed by atoms with Crippen LogP contribution in [0.5, 0.6) is 0 Å². The zero-order valence-electron chi connectivity index (χ0n) is 10.3. The zero-order chi connectivity index (χ0) is 13.5. The van der Waals surface area contributed by atoms with Crippen LogP contribution in [0.15, 0.2) is 0 Å².